The van der Waals surface area contributed by atoms with Gasteiger partial charge >= 0.3 is 5.97 Å². The van der Waals surface area contributed by atoms with E-state index >= 15 is 0 Å². The van der Waals surface area contributed by atoms with Gasteiger partial charge in [-0.2, -0.15) is 0 Å². The van der Waals surface area contributed by atoms with E-state index in [1.807, 2.05) is 30.3 Å². The van der Waals surface area contributed by atoms with Crippen molar-refractivity contribution in [3.05, 3.63) is 59.2 Å². The van der Waals surface area contributed by atoms with Gasteiger partial charge in [0.25, 0.3) is 0 Å². The van der Waals surface area contributed by atoms with E-state index in [0.29, 0.717) is 23.0 Å². The molecule has 0 aromatic heterocycles. The van der Waals surface area contributed by atoms with Crippen molar-refractivity contribution in [2.75, 3.05) is 47.2 Å². The second-order valence-corrected chi connectivity index (χ2v) is 9.60. The van der Waals surface area contributed by atoms with Crippen molar-refractivity contribution in [1.82, 2.24) is 0 Å². The first kappa shape index (κ1) is 24.8. The number of rotatable bonds is 7. The Kier molecular flexibility index (Phi) is 6.17. The summed E-state index contributed by atoms with van der Waals surface area (Å²) in [6.07, 6.45) is 0. The summed E-state index contributed by atoms with van der Waals surface area (Å²) in [4.78, 5) is 13.3. The number of esters is 1. The molecule has 2 N–H and O–H groups in total. The lowest BCUT2D eigenvalue weighted by atomic mass is 9.65. The van der Waals surface area contributed by atoms with Gasteiger partial charge in [-0.1, -0.05) is 0 Å². The molecule has 6 rings (SSSR count). The third-order valence-corrected chi connectivity index (χ3v) is 7.75. The number of phenols is 1. The van der Waals surface area contributed by atoms with Gasteiger partial charge in [0.15, 0.2) is 34.5 Å². The van der Waals surface area contributed by atoms with Gasteiger partial charge in [0, 0.05) is 23.6 Å². The Labute approximate surface area is 225 Å². The maximum absolute atomic E-state index is 13.3. The van der Waals surface area contributed by atoms with Gasteiger partial charge in [0.05, 0.1) is 47.0 Å². The zero-order valence-corrected chi connectivity index (χ0v) is 22.0. The third kappa shape index (κ3) is 3.98. The van der Waals surface area contributed by atoms with Crippen LogP contribution in [-0.2, 0) is 9.53 Å². The van der Waals surface area contributed by atoms with Crippen molar-refractivity contribution < 1.29 is 43.1 Å². The van der Waals surface area contributed by atoms with Crippen molar-refractivity contribution in [3.63, 3.8) is 0 Å². The Balaban J connectivity index is 1.52. The number of phenolic OH excluding ortho intramolecular Hbond substituents is 1. The minimum Gasteiger partial charge on any atom is -0.502 e. The number of carbonyl (C=O) groups is 1. The lowest BCUT2D eigenvalue weighted by Gasteiger charge is -2.40. The van der Waals surface area contributed by atoms with Crippen LogP contribution in [0.4, 0.5) is 5.69 Å². The molecule has 0 radical (unpaired) electrons. The van der Waals surface area contributed by atoms with Crippen LogP contribution in [0.25, 0.3) is 0 Å². The molecule has 39 heavy (non-hydrogen) atoms. The summed E-state index contributed by atoms with van der Waals surface area (Å²) in [7, 11) is 6.12. The normalized spacial score (nSPS) is 22.4. The van der Waals surface area contributed by atoms with Crippen molar-refractivity contribution in [2.24, 2.45) is 11.8 Å². The number of methoxy groups -OCH3 is 4. The van der Waals surface area contributed by atoms with Crippen molar-refractivity contribution in [3.8, 4) is 40.2 Å². The second kappa shape index (κ2) is 9.68. The average molecular weight is 536 g/mol. The molecule has 1 fully saturated rings. The number of hydrogen-bond donors (Lipinski definition) is 2. The average Bonchev–Trinajstić information content (AvgIpc) is 3.58. The van der Waals surface area contributed by atoms with E-state index in [1.165, 1.54) is 14.2 Å². The molecule has 0 amide bonds. The molecule has 3 aromatic carbocycles. The maximum atomic E-state index is 13.3. The van der Waals surface area contributed by atoms with E-state index < -0.39 is 11.8 Å². The first-order valence-corrected chi connectivity index (χ1v) is 12.5. The van der Waals surface area contributed by atoms with E-state index in [2.05, 4.69) is 5.32 Å². The highest BCUT2D eigenvalue weighted by molar-refractivity contribution is 5.79. The molecule has 2 heterocycles. The molecule has 10 heteroatoms. The topological polar surface area (TPSA) is 114 Å². The molecule has 0 saturated carbocycles. The summed E-state index contributed by atoms with van der Waals surface area (Å²) in [6, 6.07) is 12.7. The van der Waals surface area contributed by atoms with Gasteiger partial charge in [0.2, 0.25) is 12.5 Å². The van der Waals surface area contributed by atoms with Gasteiger partial charge in [-0.15, -0.1) is 0 Å². The summed E-state index contributed by atoms with van der Waals surface area (Å²) in [5, 5.41) is 14.2. The molecular weight excluding hydrogens is 506 g/mol. The van der Waals surface area contributed by atoms with Crippen LogP contribution in [0.15, 0.2) is 42.5 Å². The lowest BCUT2D eigenvalue weighted by molar-refractivity contribution is -0.141. The highest BCUT2D eigenvalue weighted by Crippen LogP contribution is 2.56. The predicted molar refractivity (Wildman–Crippen MR) is 139 cm³/mol. The van der Waals surface area contributed by atoms with Crippen LogP contribution in [0.2, 0.25) is 0 Å². The number of fused-ring (bicyclic) bond motifs is 3. The molecule has 1 saturated heterocycles. The van der Waals surface area contributed by atoms with E-state index in [4.69, 9.17) is 33.2 Å². The number of anilines is 1. The molecule has 0 bridgehead atoms. The van der Waals surface area contributed by atoms with Crippen LogP contribution < -0.4 is 33.7 Å². The zero-order valence-electron chi connectivity index (χ0n) is 22.0. The minimum atomic E-state index is -0.519. The molecule has 1 aliphatic carbocycles. The Morgan fingerprint density at radius 2 is 1.44 bits per heavy atom. The van der Waals surface area contributed by atoms with Crippen LogP contribution in [-0.4, -0.2) is 52.9 Å². The molecule has 4 atom stereocenters. The van der Waals surface area contributed by atoms with E-state index in [9.17, 15) is 9.90 Å². The lowest BCUT2D eigenvalue weighted by Crippen LogP contribution is -2.37. The van der Waals surface area contributed by atoms with Crippen LogP contribution >= 0.6 is 0 Å². The molecule has 2 aliphatic heterocycles. The van der Waals surface area contributed by atoms with Crippen molar-refractivity contribution >= 4 is 11.7 Å². The number of ether oxygens (including phenoxy) is 7. The first-order valence-electron chi connectivity index (χ1n) is 12.5. The number of benzene rings is 3. The van der Waals surface area contributed by atoms with Gasteiger partial charge in [-0.25, -0.2) is 0 Å². The highest BCUT2D eigenvalue weighted by atomic mass is 16.7. The van der Waals surface area contributed by atoms with Gasteiger partial charge < -0.3 is 43.6 Å². The number of cyclic esters (lactones) is 1. The summed E-state index contributed by atoms with van der Waals surface area (Å²) in [6.45, 7) is 0.359. The SMILES string of the molecule is COc1ccc(N[C@@H]2c3cc4c(cc3[C@H](c3cc(OC)c(O)c(OC)c3)[C@H]3C(=O)OCC23)OCO4)cc1OC. The van der Waals surface area contributed by atoms with Crippen LogP contribution in [0, 0.1) is 11.8 Å². The summed E-state index contributed by atoms with van der Waals surface area (Å²) in [5.41, 5.74) is 3.38. The van der Waals surface area contributed by atoms with Crippen molar-refractivity contribution in [2.45, 2.75) is 12.0 Å². The number of nitrogens with one attached hydrogen (secondary N) is 1. The summed E-state index contributed by atoms with van der Waals surface area (Å²) in [5.74, 6) is 1.39. The summed E-state index contributed by atoms with van der Waals surface area (Å²) < 4.78 is 38.9. The first-order chi connectivity index (χ1) is 19.0. The third-order valence-electron chi connectivity index (χ3n) is 7.75. The van der Waals surface area contributed by atoms with Gasteiger partial charge in [-0.3, -0.25) is 4.79 Å². The molecule has 1 unspecified atom stereocenters. The molecule has 0 spiro atoms. The van der Waals surface area contributed by atoms with E-state index in [1.54, 1.807) is 26.4 Å². The Bertz CT molecular complexity index is 1410. The monoisotopic (exact) mass is 535 g/mol. The molecule has 3 aromatic rings. The fourth-order valence-electron chi connectivity index (χ4n) is 5.95. The van der Waals surface area contributed by atoms with Crippen LogP contribution in [0.1, 0.15) is 28.7 Å². The standard InChI is InChI=1S/C29H29NO9/c1-33-19-6-5-15(9-20(19)34-2)30-27-17-11-22-21(38-13-39-22)10-16(17)25(26-18(27)12-37-29(26)32)14-7-23(35-3)28(31)24(8-14)36-4/h5-11,18,25-27,30-31H,12-13H2,1-4H3/t18?,25-,26-,27+/m0/s1. The predicted octanol–water partition coefficient (Wildman–Crippen LogP) is 4.24. The van der Waals surface area contributed by atoms with Crippen LogP contribution in [0.3, 0.4) is 0 Å². The highest BCUT2D eigenvalue weighted by Gasteiger charge is 2.52. The Morgan fingerprint density at radius 3 is 2.08 bits per heavy atom. The number of hydrogen-bond acceptors (Lipinski definition) is 10. The van der Waals surface area contributed by atoms with Crippen molar-refractivity contribution in [1.29, 1.82) is 0 Å². The molecular formula is C29H29NO9. The largest absolute Gasteiger partial charge is 0.502 e. The second-order valence-electron chi connectivity index (χ2n) is 9.60. The van der Waals surface area contributed by atoms with Crippen LogP contribution in [0.5, 0.6) is 40.2 Å². The number of carbonyl (C=O) groups excluding carboxylic acids is 1. The fourth-order valence-corrected chi connectivity index (χ4v) is 5.95. The molecule has 3 aliphatic rings. The molecule has 10 nitrogen and oxygen atoms in total. The van der Waals surface area contributed by atoms with Gasteiger partial charge in [-0.05, 0) is 53.1 Å². The zero-order chi connectivity index (χ0) is 27.3. The fraction of sp³-hybridized carbons (Fsp3) is 0.345. The van der Waals surface area contributed by atoms with Gasteiger partial charge in [0.1, 0.15) is 0 Å². The smallest absolute Gasteiger partial charge is 0.310 e. The Hall–Kier alpha value is -4.47. The number of aromatic hydroxyl groups is 1. The van der Waals surface area contributed by atoms with E-state index in [0.717, 1.165) is 22.4 Å². The maximum Gasteiger partial charge on any atom is 0.310 e. The molecule has 204 valence electrons. The van der Waals surface area contributed by atoms with E-state index in [-0.39, 0.29) is 48.6 Å². The quantitative estimate of drug-likeness (QED) is 0.426. The summed E-state index contributed by atoms with van der Waals surface area (Å²) >= 11 is 0. The Morgan fingerprint density at radius 1 is 0.795 bits per heavy atom. The minimum absolute atomic E-state index is 0.107.